The van der Waals surface area contributed by atoms with Crippen molar-refractivity contribution in [1.29, 1.82) is 0 Å². The molecule has 0 bridgehead atoms. The van der Waals surface area contributed by atoms with Crippen LogP contribution in [-0.2, 0) is 5.88 Å². The molecular weight excluding hydrogens is 251 g/mol. The van der Waals surface area contributed by atoms with Crippen molar-refractivity contribution in [2.45, 2.75) is 12.3 Å². The number of carboxylic acid groups (broad SMARTS) is 1. The molecule has 0 aromatic carbocycles. The molecule has 1 N–H and O–H groups in total. The number of alkyl halides is 3. The first kappa shape index (κ1) is 12.1. The minimum Gasteiger partial charge on any atom is -0.477 e. The number of halogens is 4. The molecule has 1 aromatic rings. The molecule has 1 heterocycles. The zero-order chi connectivity index (χ0) is 11.6. The van der Waals surface area contributed by atoms with E-state index in [1.165, 1.54) is 0 Å². The lowest BCUT2D eigenvalue weighted by molar-refractivity contribution is 0.0689. The first-order valence-electron chi connectivity index (χ1n) is 3.74. The zero-order valence-electron chi connectivity index (χ0n) is 7.18. The summed E-state index contributed by atoms with van der Waals surface area (Å²) in [5, 5.41) is 8.32. The number of carbonyl (C=O) groups is 1. The molecule has 0 saturated heterocycles. The lowest BCUT2D eigenvalue weighted by atomic mass is 10.2. The van der Waals surface area contributed by atoms with E-state index in [4.69, 9.17) is 28.3 Å². The molecule has 15 heavy (non-hydrogen) atoms. The van der Waals surface area contributed by atoms with Gasteiger partial charge in [-0.1, -0.05) is 11.6 Å². The van der Waals surface area contributed by atoms with Crippen LogP contribution in [-0.4, -0.2) is 16.1 Å². The first-order chi connectivity index (χ1) is 6.97. The van der Waals surface area contributed by atoms with Gasteiger partial charge in [0.25, 0.3) is 6.43 Å². The minimum absolute atomic E-state index is 0.0615. The fraction of sp³-hybridized carbons (Fsp3) is 0.250. The summed E-state index contributed by atoms with van der Waals surface area (Å²) in [7, 11) is 0. The molecule has 7 heteroatoms. The van der Waals surface area contributed by atoms with Gasteiger partial charge in [-0.2, -0.15) is 0 Å². The van der Waals surface area contributed by atoms with E-state index in [1.807, 2.05) is 0 Å². The standard InChI is InChI=1S/C8H5Cl2F2NO2/c9-2-5-6(10)3(7(11)12)1-4(13-5)8(14)15/h1,7H,2H2,(H,14,15). The van der Waals surface area contributed by atoms with E-state index in [2.05, 4.69) is 4.98 Å². The fourth-order valence-electron chi connectivity index (χ4n) is 0.961. The highest BCUT2D eigenvalue weighted by Gasteiger charge is 2.19. The van der Waals surface area contributed by atoms with Crippen LogP contribution in [0.5, 0.6) is 0 Å². The maximum Gasteiger partial charge on any atom is 0.354 e. The number of hydrogen-bond acceptors (Lipinski definition) is 2. The molecule has 1 rings (SSSR count). The van der Waals surface area contributed by atoms with Crippen molar-refractivity contribution in [3.05, 3.63) is 28.0 Å². The van der Waals surface area contributed by atoms with Crippen molar-refractivity contribution >= 4 is 29.2 Å². The van der Waals surface area contributed by atoms with Gasteiger partial charge in [0.1, 0.15) is 5.69 Å². The van der Waals surface area contributed by atoms with Crippen LogP contribution in [0.15, 0.2) is 6.07 Å². The number of aromatic carboxylic acids is 1. The molecule has 0 amide bonds. The highest BCUT2D eigenvalue weighted by Crippen LogP contribution is 2.30. The highest BCUT2D eigenvalue weighted by atomic mass is 35.5. The molecule has 0 atom stereocenters. The number of carboxylic acids is 1. The van der Waals surface area contributed by atoms with Gasteiger partial charge in [-0.05, 0) is 6.07 Å². The van der Waals surface area contributed by atoms with Gasteiger partial charge in [0.2, 0.25) is 0 Å². The SMILES string of the molecule is O=C(O)c1cc(C(F)F)c(Cl)c(CCl)n1. The van der Waals surface area contributed by atoms with Crippen LogP contribution in [0.1, 0.15) is 28.2 Å². The third kappa shape index (κ3) is 2.54. The predicted molar refractivity (Wildman–Crippen MR) is 50.7 cm³/mol. The maximum absolute atomic E-state index is 12.4. The van der Waals surface area contributed by atoms with E-state index in [0.717, 1.165) is 6.07 Å². The average Bonchev–Trinajstić information content (AvgIpc) is 2.17. The Morgan fingerprint density at radius 2 is 2.20 bits per heavy atom. The van der Waals surface area contributed by atoms with Gasteiger partial charge in [-0.15, -0.1) is 11.6 Å². The normalized spacial score (nSPS) is 10.7. The van der Waals surface area contributed by atoms with Crippen LogP contribution in [0, 0.1) is 0 Å². The van der Waals surface area contributed by atoms with Gasteiger partial charge in [0, 0.05) is 5.56 Å². The maximum atomic E-state index is 12.4. The van der Waals surface area contributed by atoms with E-state index in [9.17, 15) is 13.6 Å². The predicted octanol–water partition coefficient (Wildman–Crippen LogP) is 3.11. The Hall–Kier alpha value is -0.940. The molecule has 0 radical (unpaired) electrons. The summed E-state index contributed by atoms with van der Waals surface area (Å²) < 4.78 is 24.9. The number of aromatic nitrogens is 1. The van der Waals surface area contributed by atoms with Gasteiger partial charge in [-0.25, -0.2) is 18.6 Å². The second-order valence-corrected chi connectivity index (χ2v) is 3.24. The molecule has 0 saturated carbocycles. The van der Waals surface area contributed by atoms with E-state index >= 15 is 0 Å². The zero-order valence-corrected chi connectivity index (χ0v) is 8.69. The molecule has 0 aliphatic carbocycles. The summed E-state index contributed by atoms with van der Waals surface area (Å²) in [4.78, 5) is 14.1. The van der Waals surface area contributed by atoms with Crippen LogP contribution >= 0.6 is 23.2 Å². The lowest BCUT2D eigenvalue weighted by Gasteiger charge is -2.07. The second kappa shape index (κ2) is 4.72. The minimum atomic E-state index is -2.86. The van der Waals surface area contributed by atoms with E-state index < -0.39 is 23.7 Å². The molecule has 0 aliphatic heterocycles. The van der Waals surface area contributed by atoms with E-state index in [-0.39, 0.29) is 16.6 Å². The van der Waals surface area contributed by atoms with Crippen molar-refractivity contribution in [2.24, 2.45) is 0 Å². The summed E-state index contributed by atoms with van der Waals surface area (Å²) in [6, 6.07) is 0.741. The first-order valence-corrected chi connectivity index (χ1v) is 4.65. The Balaban J connectivity index is 3.38. The van der Waals surface area contributed by atoms with Gasteiger partial charge < -0.3 is 5.11 Å². The molecule has 0 aliphatic rings. The molecule has 0 unspecified atom stereocenters. The van der Waals surface area contributed by atoms with Gasteiger partial charge in [-0.3, -0.25) is 0 Å². The fourth-order valence-corrected chi connectivity index (χ4v) is 1.47. The summed E-state index contributed by atoms with van der Waals surface area (Å²) in [6.07, 6.45) is -2.86. The highest BCUT2D eigenvalue weighted by molar-refractivity contribution is 6.32. The largest absolute Gasteiger partial charge is 0.477 e. The molecule has 0 fully saturated rings. The molecule has 0 spiro atoms. The van der Waals surface area contributed by atoms with Crippen molar-refractivity contribution < 1.29 is 18.7 Å². The van der Waals surface area contributed by atoms with Gasteiger partial charge in [0.05, 0.1) is 16.6 Å². The Kier molecular flexibility index (Phi) is 3.82. The molecular formula is C8H5Cl2F2NO2. The lowest BCUT2D eigenvalue weighted by Crippen LogP contribution is -2.05. The van der Waals surface area contributed by atoms with Crippen LogP contribution in [0.2, 0.25) is 5.02 Å². The number of pyridine rings is 1. The van der Waals surface area contributed by atoms with Crippen molar-refractivity contribution in [3.63, 3.8) is 0 Å². The summed E-state index contributed by atoms with van der Waals surface area (Å²) in [6.45, 7) is 0. The number of hydrogen-bond donors (Lipinski definition) is 1. The smallest absolute Gasteiger partial charge is 0.354 e. The molecule has 1 aromatic heterocycles. The summed E-state index contributed by atoms with van der Waals surface area (Å²) >= 11 is 11.0. The monoisotopic (exact) mass is 255 g/mol. The Morgan fingerprint density at radius 1 is 1.60 bits per heavy atom. The topological polar surface area (TPSA) is 50.2 Å². The van der Waals surface area contributed by atoms with Crippen LogP contribution in [0.4, 0.5) is 8.78 Å². The van der Waals surface area contributed by atoms with E-state index in [1.54, 1.807) is 0 Å². The van der Waals surface area contributed by atoms with Crippen LogP contribution in [0.3, 0.4) is 0 Å². The van der Waals surface area contributed by atoms with Crippen molar-refractivity contribution in [2.75, 3.05) is 0 Å². The molecule has 82 valence electrons. The quantitative estimate of drug-likeness (QED) is 0.845. The van der Waals surface area contributed by atoms with Gasteiger partial charge in [0.15, 0.2) is 0 Å². The second-order valence-electron chi connectivity index (χ2n) is 2.60. The Bertz CT molecular complexity index is 398. The third-order valence-corrected chi connectivity index (χ3v) is 2.32. The molecule has 3 nitrogen and oxygen atoms in total. The summed E-state index contributed by atoms with van der Waals surface area (Å²) in [5.74, 6) is -1.63. The van der Waals surface area contributed by atoms with Crippen LogP contribution < -0.4 is 0 Å². The van der Waals surface area contributed by atoms with Gasteiger partial charge >= 0.3 is 5.97 Å². The number of nitrogens with zero attached hydrogens (tertiary/aromatic N) is 1. The Labute approximate surface area is 93.6 Å². The van der Waals surface area contributed by atoms with Crippen LogP contribution in [0.25, 0.3) is 0 Å². The van der Waals surface area contributed by atoms with Crippen molar-refractivity contribution in [1.82, 2.24) is 4.98 Å². The average molecular weight is 256 g/mol. The summed E-state index contributed by atoms with van der Waals surface area (Å²) in [5.41, 5.74) is -1.13. The number of rotatable bonds is 3. The van der Waals surface area contributed by atoms with Crippen molar-refractivity contribution in [3.8, 4) is 0 Å². The van der Waals surface area contributed by atoms with E-state index in [0.29, 0.717) is 0 Å². The Morgan fingerprint density at radius 3 is 2.60 bits per heavy atom. The third-order valence-electron chi connectivity index (χ3n) is 1.64.